The first kappa shape index (κ1) is 17.2. The van der Waals surface area contributed by atoms with Crippen molar-refractivity contribution in [1.29, 1.82) is 0 Å². The minimum absolute atomic E-state index is 0.0213. The van der Waals surface area contributed by atoms with Crippen molar-refractivity contribution >= 4 is 38.0 Å². The fourth-order valence-corrected chi connectivity index (χ4v) is 6.14. The predicted octanol–water partition coefficient (Wildman–Crippen LogP) is 3.27. The molecule has 1 atom stereocenters. The molecule has 0 radical (unpaired) electrons. The van der Waals surface area contributed by atoms with Gasteiger partial charge in [0, 0.05) is 5.39 Å². The molecule has 2 aromatic heterocycles. The monoisotopic (exact) mass is 386 g/mol. The van der Waals surface area contributed by atoms with Gasteiger partial charge in [-0.05, 0) is 36.9 Å². The van der Waals surface area contributed by atoms with Crippen LogP contribution in [0.25, 0.3) is 21.5 Å². The van der Waals surface area contributed by atoms with Crippen LogP contribution in [-0.4, -0.2) is 36.4 Å². The van der Waals surface area contributed by atoms with Crippen LogP contribution in [0.15, 0.2) is 47.8 Å². The Hall–Kier alpha value is -2.25. The Bertz CT molecular complexity index is 1090. The summed E-state index contributed by atoms with van der Waals surface area (Å²) in [4.78, 5) is 18.7. The van der Waals surface area contributed by atoms with Gasteiger partial charge >= 0.3 is 0 Å². The standard InChI is InChI=1S/C19H18N2O3S2/c1-19(8-10-26(23,24)12-19)21-18(22)14-11-16(17-7-4-9-25-17)20-15-6-3-2-5-13(14)15/h2-7,9,11H,8,10,12H2,1H3,(H,21,22). The number of carbonyl (C=O) groups excluding carboxylic acids is 1. The molecule has 0 aliphatic carbocycles. The Morgan fingerprint density at radius 1 is 1.23 bits per heavy atom. The highest BCUT2D eigenvalue weighted by atomic mass is 32.2. The summed E-state index contributed by atoms with van der Waals surface area (Å²) in [6.45, 7) is 1.79. The van der Waals surface area contributed by atoms with E-state index in [2.05, 4.69) is 10.3 Å². The third kappa shape index (κ3) is 3.24. The Morgan fingerprint density at radius 3 is 2.73 bits per heavy atom. The summed E-state index contributed by atoms with van der Waals surface area (Å²) in [5, 5.41) is 5.68. The van der Waals surface area contributed by atoms with Crippen molar-refractivity contribution < 1.29 is 13.2 Å². The summed E-state index contributed by atoms with van der Waals surface area (Å²) in [6.07, 6.45) is 0.432. The molecule has 1 amide bonds. The van der Waals surface area contributed by atoms with Crippen molar-refractivity contribution in [2.24, 2.45) is 0 Å². The highest BCUT2D eigenvalue weighted by molar-refractivity contribution is 7.91. The first-order chi connectivity index (χ1) is 12.4. The number of benzene rings is 1. The molecule has 0 spiro atoms. The fourth-order valence-electron chi connectivity index (χ4n) is 3.36. The van der Waals surface area contributed by atoms with Crippen LogP contribution < -0.4 is 5.32 Å². The van der Waals surface area contributed by atoms with Crippen molar-refractivity contribution in [2.75, 3.05) is 11.5 Å². The van der Waals surface area contributed by atoms with Gasteiger partial charge in [0.25, 0.3) is 5.91 Å². The van der Waals surface area contributed by atoms with Gasteiger partial charge in [-0.2, -0.15) is 0 Å². The number of fused-ring (bicyclic) bond motifs is 1. The van der Waals surface area contributed by atoms with Crippen LogP contribution in [0.3, 0.4) is 0 Å². The first-order valence-electron chi connectivity index (χ1n) is 8.32. The molecule has 7 heteroatoms. The zero-order chi connectivity index (χ0) is 18.4. The van der Waals surface area contributed by atoms with Crippen molar-refractivity contribution in [3.8, 4) is 10.6 Å². The molecular weight excluding hydrogens is 368 g/mol. The van der Waals surface area contributed by atoms with E-state index in [0.29, 0.717) is 12.0 Å². The lowest BCUT2D eigenvalue weighted by atomic mass is 10.00. The molecule has 1 N–H and O–H groups in total. The average molecular weight is 386 g/mol. The van der Waals surface area contributed by atoms with Gasteiger partial charge in [0.05, 0.1) is 38.7 Å². The lowest BCUT2D eigenvalue weighted by Gasteiger charge is -2.24. The van der Waals surface area contributed by atoms with E-state index >= 15 is 0 Å². The SMILES string of the molecule is CC1(NC(=O)c2cc(-c3cccs3)nc3ccccc23)CCS(=O)(=O)C1. The van der Waals surface area contributed by atoms with Crippen molar-refractivity contribution in [1.82, 2.24) is 10.3 Å². The zero-order valence-corrected chi connectivity index (χ0v) is 15.9. The Morgan fingerprint density at radius 2 is 2.04 bits per heavy atom. The smallest absolute Gasteiger partial charge is 0.252 e. The number of aromatic nitrogens is 1. The second-order valence-corrected chi connectivity index (χ2v) is 10.0. The lowest BCUT2D eigenvalue weighted by molar-refractivity contribution is 0.0917. The van der Waals surface area contributed by atoms with E-state index in [1.54, 1.807) is 24.3 Å². The predicted molar refractivity (Wildman–Crippen MR) is 104 cm³/mol. The van der Waals surface area contributed by atoms with Crippen LogP contribution >= 0.6 is 11.3 Å². The van der Waals surface area contributed by atoms with E-state index in [1.807, 2.05) is 41.8 Å². The van der Waals surface area contributed by atoms with Crippen LogP contribution in [0.5, 0.6) is 0 Å². The number of carbonyl (C=O) groups is 1. The van der Waals surface area contributed by atoms with Gasteiger partial charge in [0.1, 0.15) is 0 Å². The summed E-state index contributed by atoms with van der Waals surface area (Å²) in [5.74, 6) is -0.172. The number of sulfone groups is 1. The second-order valence-electron chi connectivity index (χ2n) is 6.91. The first-order valence-corrected chi connectivity index (χ1v) is 11.0. The van der Waals surface area contributed by atoms with Crippen LogP contribution in [0.2, 0.25) is 0 Å². The molecule has 26 heavy (non-hydrogen) atoms. The third-order valence-corrected chi connectivity index (χ3v) is 7.45. The van der Waals surface area contributed by atoms with Gasteiger partial charge in [-0.1, -0.05) is 24.3 Å². The van der Waals surface area contributed by atoms with Gasteiger partial charge in [-0.15, -0.1) is 11.3 Å². The minimum atomic E-state index is -3.09. The van der Waals surface area contributed by atoms with E-state index in [1.165, 1.54) is 0 Å². The van der Waals surface area contributed by atoms with Crippen LogP contribution in [-0.2, 0) is 9.84 Å². The second kappa shape index (κ2) is 6.17. The molecule has 5 nitrogen and oxygen atoms in total. The molecule has 4 rings (SSSR count). The number of hydrogen-bond acceptors (Lipinski definition) is 5. The molecular formula is C19H18N2O3S2. The maximum Gasteiger partial charge on any atom is 0.252 e. The molecule has 3 aromatic rings. The lowest BCUT2D eigenvalue weighted by Crippen LogP contribution is -2.47. The van der Waals surface area contributed by atoms with E-state index < -0.39 is 15.4 Å². The number of nitrogens with one attached hydrogen (secondary N) is 1. The Kier molecular flexibility index (Phi) is 4.08. The number of nitrogens with zero attached hydrogens (tertiary/aromatic N) is 1. The van der Waals surface area contributed by atoms with Gasteiger partial charge in [-0.3, -0.25) is 4.79 Å². The van der Waals surface area contributed by atoms with Gasteiger partial charge in [0.15, 0.2) is 9.84 Å². The number of thiophene rings is 1. The molecule has 3 heterocycles. The Labute approximate surface area is 156 Å². The quantitative estimate of drug-likeness (QED) is 0.750. The summed E-state index contributed by atoms with van der Waals surface area (Å²) in [7, 11) is -3.09. The number of para-hydroxylation sites is 1. The summed E-state index contributed by atoms with van der Waals surface area (Å²) in [5.41, 5.74) is 1.27. The molecule has 1 aliphatic rings. The highest BCUT2D eigenvalue weighted by Gasteiger charge is 2.39. The van der Waals surface area contributed by atoms with Crippen LogP contribution in [0, 0.1) is 0 Å². The largest absolute Gasteiger partial charge is 0.346 e. The summed E-state index contributed by atoms with van der Waals surface area (Å²) >= 11 is 1.56. The van der Waals surface area contributed by atoms with Crippen molar-refractivity contribution in [2.45, 2.75) is 18.9 Å². The maximum absolute atomic E-state index is 13.0. The number of rotatable bonds is 3. The summed E-state index contributed by atoms with van der Waals surface area (Å²) in [6, 6.07) is 13.2. The van der Waals surface area contributed by atoms with Gasteiger partial charge in [0.2, 0.25) is 0 Å². The van der Waals surface area contributed by atoms with Crippen molar-refractivity contribution in [3.05, 3.63) is 53.4 Å². The number of hydrogen-bond donors (Lipinski definition) is 1. The molecule has 1 aromatic carbocycles. The topological polar surface area (TPSA) is 76.1 Å². The van der Waals surface area contributed by atoms with Gasteiger partial charge in [-0.25, -0.2) is 13.4 Å². The van der Waals surface area contributed by atoms with Gasteiger partial charge < -0.3 is 5.32 Å². The van der Waals surface area contributed by atoms with E-state index in [0.717, 1.165) is 21.5 Å². The molecule has 134 valence electrons. The van der Waals surface area contributed by atoms with E-state index in [9.17, 15) is 13.2 Å². The highest BCUT2D eigenvalue weighted by Crippen LogP contribution is 2.29. The van der Waals surface area contributed by atoms with Crippen LogP contribution in [0.1, 0.15) is 23.7 Å². The maximum atomic E-state index is 13.0. The molecule has 1 unspecified atom stereocenters. The fraction of sp³-hybridized carbons (Fsp3) is 0.263. The zero-order valence-electron chi connectivity index (χ0n) is 14.2. The van der Waals surface area contributed by atoms with Crippen molar-refractivity contribution in [3.63, 3.8) is 0 Å². The molecule has 1 fully saturated rings. The Balaban J connectivity index is 1.76. The molecule has 1 saturated heterocycles. The molecule has 1 aliphatic heterocycles. The minimum Gasteiger partial charge on any atom is -0.346 e. The molecule has 0 bridgehead atoms. The van der Waals surface area contributed by atoms with Crippen LogP contribution in [0.4, 0.5) is 0 Å². The summed E-state index contributed by atoms with van der Waals surface area (Å²) < 4.78 is 23.7. The van der Waals surface area contributed by atoms with E-state index in [4.69, 9.17) is 0 Å². The number of amides is 1. The average Bonchev–Trinajstić information content (AvgIpc) is 3.21. The normalized spacial score (nSPS) is 21.7. The third-order valence-electron chi connectivity index (χ3n) is 4.65. The number of pyridine rings is 1. The van der Waals surface area contributed by atoms with E-state index in [-0.39, 0.29) is 17.4 Å². The molecule has 0 saturated carbocycles.